The predicted octanol–water partition coefficient (Wildman–Crippen LogP) is 3.67. The summed E-state index contributed by atoms with van der Waals surface area (Å²) in [5, 5.41) is 0. The predicted molar refractivity (Wildman–Crippen MR) is 98.6 cm³/mol. The number of thioether (sulfide) groups is 1. The van der Waals surface area contributed by atoms with Crippen LogP contribution in [0.4, 0.5) is 4.39 Å². The minimum atomic E-state index is -0.264. The first kappa shape index (κ1) is 17.8. The standard InChI is InChI=1S/C20H25FN2O2S/c21-16-1-3-17(4-2-16)26-6-5-18(24)22-23-19(25)20-10-13-7-14(11-20)9-15(8-13)12-20/h1-4,13-15H,5-12H2,(H,22,24)(H,23,25). The summed E-state index contributed by atoms with van der Waals surface area (Å²) in [6.07, 6.45) is 7.14. The number of benzene rings is 1. The van der Waals surface area contributed by atoms with Crippen LogP contribution in [0.15, 0.2) is 29.2 Å². The zero-order valence-electron chi connectivity index (χ0n) is 14.8. The number of carbonyl (C=O) groups is 2. The lowest BCUT2D eigenvalue weighted by Crippen LogP contribution is -2.56. The molecule has 4 aliphatic carbocycles. The van der Waals surface area contributed by atoms with Crippen molar-refractivity contribution in [3.8, 4) is 0 Å². The molecule has 0 unspecified atom stereocenters. The van der Waals surface area contributed by atoms with E-state index in [9.17, 15) is 14.0 Å². The van der Waals surface area contributed by atoms with Crippen molar-refractivity contribution in [1.82, 2.24) is 10.9 Å². The van der Waals surface area contributed by atoms with Gasteiger partial charge in [0, 0.05) is 17.1 Å². The first-order chi connectivity index (χ1) is 12.5. The second kappa shape index (κ2) is 7.22. The summed E-state index contributed by atoms with van der Waals surface area (Å²) < 4.78 is 12.9. The van der Waals surface area contributed by atoms with Gasteiger partial charge in [-0.1, -0.05) is 0 Å². The van der Waals surface area contributed by atoms with Crippen LogP contribution in [0.3, 0.4) is 0 Å². The van der Waals surface area contributed by atoms with Crippen molar-refractivity contribution < 1.29 is 14.0 Å². The Morgan fingerprint density at radius 2 is 1.58 bits per heavy atom. The Hall–Kier alpha value is -1.56. The molecule has 5 rings (SSSR count). The van der Waals surface area contributed by atoms with E-state index in [4.69, 9.17) is 0 Å². The van der Waals surface area contributed by atoms with Gasteiger partial charge in [0.05, 0.1) is 5.41 Å². The molecule has 2 N–H and O–H groups in total. The van der Waals surface area contributed by atoms with E-state index >= 15 is 0 Å². The number of hydrazine groups is 1. The molecule has 0 aliphatic heterocycles. The van der Waals surface area contributed by atoms with Crippen molar-refractivity contribution in [3.05, 3.63) is 30.1 Å². The molecule has 0 saturated heterocycles. The van der Waals surface area contributed by atoms with E-state index in [0.717, 1.165) is 24.2 Å². The van der Waals surface area contributed by atoms with Gasteiger partial charge in [-0.25, -0.2) is 4.39 Å². The van der Waals surface area contributed by atoms with Crippen molar-refractivity contribution in [2.45, 2.75) is 49.8 Å². The van der Waals surface area contributed by atoms with E-state index in [-0.39, 0.29) is 23.0 Å². The van der Waals surface area contributed by atoms with Gasteiger partial charge in [-0.15, -0.1) is 11.8 Å². The van der Waals surface area contributed by atoms with Crippen molar-refractivity contribution in [1.29, 1.82) is 0 Å². The third kappa shape index (κ3) is 3.75. The Morgan fingerprint density at radius 1 is 1.00 bits per heavy atom. The molecule has 26 heavy (non-hydrogen) atoms. The molecular formula is C20H25FN2O2S. The minimum absolute atomic E-state index is 0.0103. The molecule has 4 aliphatic rings. The van der Waals surface area contributed by atoms with Crippen molar-refractivity contribution >= 4 is 23.6 Å². The number of carbonyl (C=O) groups excluding carboxylic acids is 2. The molecule has 140 valence electrons. The first-order valence-electron chi connectivity index (χ1n) is 9.50. The molecule has 4 fully saturated rings. The summed E-state index contributed by atoms with van der Waals surface area (Å²) in [4.78, 5) is 25.7. The normalized spacial score (nSPS) is 31.7. The van der Waals surface area contributed by atoms with Crippen LogP contribution in [0.1, 0.15) is 44.9 Å². The first-order valence-corrected chi connectivity index (χ1v) is 10.5. The van der Waals surface area contributed by atoms with Gasteiger partial charge in [0.25, 0.3) is 0 Å². The van der Waals surface area contributed by atoms with Gasteiger partial charge >= 0.3 is 0 Å². The van der Waals surface area contributed by atoms with Crippen molar-refractivity contribution in [3.63, 3.8) is 0 Å². The Balaban J connectivity index is 1.22. The Bertz CT molecular complexity index is 656. The van der Waals surface area contributed by atoms with Crippen LogP contribution >= 0.6 is 11.8 Å². The molecule has 0 radical (unpaired) electrons. The van der Waals surface area contributed by atoms with Crippen LogP contribution in [-0.4, -0.2) is 17.6 Å². The molecule has 4 saturated carbocycles. The lowest BCUT2D eigenvalue weighted by Gasteiger charge is -2.55. The highest BCUT2D eigenvalue weighted by Gasteiger charge is 2.54. The third-order valence-corrected chi connectivity index (χ3v) is 7.26. The number of amides is 2. The van der Waals surface area contributed by atoms with Gasteiger partial charge in [-0.2, -0.15) is 0 Å². The summed E-state index contributed by atoms with van der Waals surface area (Å²) in [5.74, 6) is 2.26. The summed E-state index contributed by atoms with van der Waals surface area (Å²) in [6.45, 7) is 0. The summed E-state index contributed by atoms with van der Waals surface area (Å²) >= 11 is 1.50. The van der Waals surface area contributed by atoms with Gasteiger partial charge < -0.3 is 0 Å². The van der Waals surface area contributed by atoms with E-state index in [0.29, 0.717) is 29.9 Å². The Kier molecular flexibility index (Phi) is 4.95. The van der Waals surface area contributed by atoms with Crippen LogP contribution in [0.5, 0.6) is 0 Å². The summed E-state index contributed by atoms with van der Waals surface area (Å²) in [7, 11) is 0. The Labute approximate surface area is 157 Å². The van der Waals surface area contributed by atoms with E-state index < -0.39 is 0 Å². The second-order valence-electron chi connectivity index (χ2n) is 8.25. The molecule has 6 heteroatoms. The maximum absolute atomic E-state index is 12.9. The highest BCUT2D eigenvalue weighted by atomic mass is 32.2. The molecule has 4 nitrogen and oxygen atoms in total. The fourth-order valence-electron chi connectivity index (χ4n) is 5.50. The third-order valence-electron chi connectivity index (χ3n) is 6.25. The van der Waals surface area contributed by atoms with Gasteiger partial charge in [0.1, 0.15) is 5.82 Å². The van der Waals surface area contributed by atoms with E-state index in [1.54, 1.807) is 12.1 Å². The van der Waals surface area contributed by atoms with Crippen LogP contribution in [0.25, 0.3) is 0 Å². The fourth-order valence-corrected chi connectivity index (χ4v) is 6.35. The number of hydrogen-bond donors (Lipinski definition) is 2. The average molecular weight is 376 g/mol. The van der Waals surface area contributed by atoms with Gasteiger partial charge in [-0.3, -0.25) is 20.4 Å². The van der Waals surface area contributed by atoms with Crippen molar-refractivity contribution in [2.75, 3.05) is 5.75 Å². The van der Waals surface area contributed by atoms with Crippen molar-refractivity contribution in [2.24, 2.45) is 23.2 Å². The minimum Gasteiger partial charge on any atom is -0.273 e. The maximum Gasteiger partial charge on any atom is 0.244 e. The SMILES string of the molecule is O=C(CCSc1ccc(F)cc1)NNC(=O)C12CC3CC(CC(C3)C1)C2. The number of hydrogen-bond acceptors (Lipinski definition) is 3. The molecule has 1 aromatic rings. The zero-order valence-corrected chi connectivity index (χ0v) is 15.6. The second-order valence-corrected chi connectivity index (χ2v) is 9.42. The van der Waals surface area contributed by atoms with Gasteiger partial charge in [0.15, 0.2) is 0 Å². The number of rotatable bonds is 5. The van der Waals surface area contributed by atoms with Crippen LogP contribution < -0.4 is 10.9 Å². The lowest BCUT2D eigenvalue weighted by molar-refractivity contribution is -0.148. The van der Waals surface area contributed by atoms with E-state index in [1.807, 2.05) is 0 Å². The average Bonchev–Trinajstić information content (AvgIpc) is 2.60. The molecule has 0 atom stereocenters. The van der Waals surface area contributed by atoms with Gasteiger partial charge in [-0.05, 0) is 80.5 Å². The smallest absolute Gasteiger partial charge is 0.244 e. The molecular weight excluding hydrogens is 351 g/mol. The highest BCUT2D eigenvalue weighted by molar-refractivity contribution is 7.99. The molecule has 1 aromatic carbocycles. The number of nitrogens with one attached hydrogen (secondary N) is 2. The van der Waals surface area contributed by atoms with Crippen LogP contribution in [0, 0.1) is 29.0 Å². The molecule has 4 bridgehead atoms. The van der Waals surface area contributed by atoms with E-state index in [2.05, 4.69) is 10.9 Å². The Morgan fingerprint density at radius 3 is 2.15 bits per heavy atom. The lowest BCUT2D eigenvalue weighted by atomic mass is 9.49. The molecule has 0 heterocycles. The van der Waals surface area contributed by atoms with Gasteiger partial charge in [0.2, 0.25) is 11.8 Å². The zero-order chi connectivity index (χ0) is 18.1. The van der Waals surface area contributed by atoms with E-state index in [1.165, 1.54) is 43.2 Å². The van der Waals surface area contributed by atoms with Crippen LogP contribution in [-0.2, 0) is 9.59 Å². The quantitative estimate of drug-likeness (QED) is 0.609. The highest BCUT2D eigenvalue weighted by Crippen LogP contribution is 2.60. The number of halogens is 1. The molecule has 0 aromatic heterocycles. The molecule has 2 amide bonds. The maximum atomic E-state index is 12.9. The summed E-state index contributed by atoms with van der Waals surface area (Å²) in [6, 6.07) is 6.22. The fraction of sp³-hybridized carbons (Fsp3) is 0.600. The summed E-state index contributed by atoms with van der Waals surface area (Å²) in [5.41, 5.74) is 5.04. The largest absolute Gasteiger partial charge is 0.273 e. The van der Waals surface area contributed by atoms with Crippen LogP contribution in [0.2, 0.25) is 0 Å². The molecule has 0 spiro atoms. The monoisotopic (exact) mass is 376 g/mol. The topological polar surface area (TPSA) is 58.2 Å².